The average Bonchev–Trinajstić information content (AvgIpc) is 3.50. The standard InChI is InChI=1S/C18H20N8O3/c1-19-17(28)14-11(8-13(22-23-14)21-16(27)10-4-5-10)20-12-9-25(3)26-7-6-24(2)18(29)15(12)26/h6-10H,4-5H2,1-3H3,(H2-,19,20,21,22,27,28,29)/p+1. The van der Waals surface area contributed by atoms with Gasteiger partial charge < -0.3 is 20.5 Å². The van der Waals surface area contributed by atoms with Gasteiger partial charge in [-0.2, -0.15) is 0 Å². The Morgan fingerprint density at radius 3 is 2.66 bits per heavy atom. The first-order chi connectivity index (χ1) is 13.9. The Bertz CT molecular complexity index is 1190. The third-order valence-electron chi connectivity index (χ3n) is 4.80. The van der Waals surface area contributed by atoms with E-state index in [4.69, 9.17) is 0 Å². The van der Waals surface area contributed by atoms with Crippen LogP contribution < -0.4 is 26.2 Å². The highest BCUT2D eigenvalue weighted by Crippen LogP contribution is 2.30. The number of aryl methyl sites for hydroxylation is 2. The first kappa shape index (κ1) is 18.6. The number of rotatable bonds is 5. The molecule has 29 heavy (non-hydrogen) atoms. The van der Waals surface area contributed by atoms with Crippen molar-refractivity contribution in [3.63, 3.8) is 0 Å². The van der Waals surface area contributed by atoms with Crippen LogP contribution in [0.15, 0.2) is 29.5 Å². The summed E-state index contributed by atoms with van der Waals surface area (Å²) in [4.78, 5) is 36.9. The van der Waals surface area contributed by atoms with Crippen LogP contribution in [-0.4, -0.2) is 38.1 Å². The molecule has 0 atom stereocenters. The van der Waals surface area contributed by atoms with E-state index < -0.39 is 5.91 Å². The molecule has 4 rings (SSSR count). The molecule has 3 aromatic heterocycles. The van der Waals surface area contributed by atoms with E-state index in [1.807, 2.05) is 0 Å². The zero-order valence-corrected chi connectivity index (χ0v) is 16.3. The molecule has 1 aliphatic rings. The molecular formula is C18H21N8O3+. The number of aromatic nitrogens is 5. The largest absolute Gasteiger partial charge is 0.354 e. The van der Waals surface area contributed by atoms with Crippen LogP contribution in [0.25, 0.3) is 5.52 Å². The fourth-order valence-corrected chi connectivity index (χ4v) is 3.03. The van der Waals surface area contributed by atoms with Crippen molar-refractivity contribution in [3.05, 3.63) is 40.7 Å². The number of hydrogen-bond acceptors (Lipinski definition) is 6. The Morgan fingerprint density at radius 1 is 1.21 bits per heavy atom. The predicted molar refractivity (Wildman–Crippen MR) is 104 cm³/mol. The van der Waals surface area contributed by atoms with E-state index in [2.05, 4.69) is 26.1 Å². The third kappa shape index (κ3) is 3.42. The third-order valence-corrected chi connectivity index (χ3v) is 4.80. The van der Waals surface area contributed by atoms with Crippen molar-refractivity contribution in [1.29, 1.82) is 0 Å². The topological polar surface area (TPSA) is 126 Å². The molecule has 11 nitrogen and oxygen atoms in total. The fourth-order valence-electron chi connectivity index (χ4n) is 3.03. The number of carbonyl (C=O) groups is 2. The average molecular weight is 397 g/mol. The summed E-state index contributed by atoms with van der Waals surface area (Å²) < 4.78 is 4.89. The van der Waals surface area contributed by atoms with Crippen molar-refractivity contribution >= 4 is 34.5 Å². The summed E-state index contributed by atoms with van der Waals surface area (Å²) in [5, 5.41) is 16.2. The molecular weight excluding hydrogens is 376 g/mol. The summed E-state index contributed by atoms with van der Waals surface area (Å²) in [5.41, 5.74) is 1.06. The molecule has 3 heterocycles. The molecule has 1 aliphatic carbocycles. The van der Waals surface area contributed by atoms with Gasteiger partial charge in [-0.3, -0.25) is 14.4 Å². The van der Waals surface area contributed by atoms with Crippen molar-refractivity contribution in [1.82, 2.24) is 24.6 Å². The van der Waals surface area contributed by atoms with Crippen LogP contribution in [0.1, 0.15) is 23.3 Å². The fraction of sp³-hybridized carbons (Fsp3) is 0.333. The van der Waals surface area contributed by atoms with Gasteiger partial charge in [0.15, 0.2) is 24.1 Å². The maximum absolute atomic E-state index is 12.6. The second-order valence-corrected chi connectivity index (χ2v) is 6.98. The van der Waals surface area contributed by atoms with Gasteiger partial charge in [-0.25, -0.2) is 0 Å². The lowest BCUT2D eigenvalue weighted by Gasteiger charge is -2.10. The van der Waals surface area contributed by atoms with Crippen LogP contribution in [0.5, 0.6) is 0 Å². The van der Waals surface area contributed by atoms with E-state index >= 15 is 0 Å². The Morgan fingerprint density at radius 2 is 1.97 bits per heavy atom. The summed E-state index contributed by atoms with van der Waals surface area (Å²) in [6, 6.07) is 1.54. The summed E-state index contributed by atoms with van der Waals surface area (Å²) in [7, 11) is 4.94. The van der Waals surface area contributed by atoms with Crippen molar-refractivity contribution in [2.24, 2.45) is 20.0 Å². The summed E-state index contributed by atoms with van der Waals surface area (Å²) in [5.74, 6) is -0.324. The molecule has 0 radical (unpaired) electrons. The number of fused-ring (bicyclic) bond motifs is 1. The van der Waals surface area contributed by atoms with Gasteiger partial charge in [0.25, 0.3) is 11.5 Å². The number of hydrogen-bond donors (Lipinski definition) is 3. The second-order valence-electron chi connectivity index (χ2n) is 6.98. The van der Waals surface area contributed by atoms with Gasteiger partial charge in [0.1, 0.15) is 5.69 Å². The number of nitrogens with one attached hydrogen (secondary N) is 3. The Hall–Kier alpha value is -3.76. The molecule has 0 aromatic carbocycles. The van der Waals surface area contributed by atoms with Gasteiger partial charge in [-0.1, -0.05) is 0 Å². The zero-order valence-electron chi connectivity index (χ0n) is 16.3. The van der Waals surface area contributed by atoms with E-state index in [0.717, 1.165) is 12.8 Å². The number of anilines is 3. The van der Waals surface area contributed by atoms with Gasteiger partial charge in [0.05, 0.1) is 11.9 Å². The molecule has 0 aliphatic heterocycles. The van der Waals surface area contributed by atoms with Crippen LogP contribution in [0.4, 0.5) is 17.2 Å². The molecule has 11 heteroatoms. The lowest BCUT2D eigenvalue weighted by molar-refractivity contribution is -0.737. The molecule has 1 saturated carbocycles. The van der Waals surface area contributed by atoms with E-state index in [9.17, 15) is 14.4 Å². The summed E-state index contributed by atoms with van der Waals surface area (Å²) >= 11 is 0. The molecule has 150 valence electrons. The summed E-state index contributed by atoms with van der Waals surface area (Å²) in [6.45, 7) is 0. The van der Waals surface area contributed by atoms with E-state index in [1.165, 1.54) is 17.7 Å². The van der Waals surface area contributed by atoms with Gasteiger partial charge in [-0.15, -0.1) is 19.4 Å². The molecule has 0 unspecified atom stereocenters. The molecule has 1 fully saturated rings. The van der Waals surface area contributed by atoms with Crippen molar-refractivity contribution < 1.29 is 14.3 Å². The normalized spacial score (nSPS) is 13.3. The Labute approximate surface area is 165 Å². The number of carbonyl (C=O) groups excluding carboxylic acids is 2. The van der Waals surface area contributed by atoms with Crippen molar-refractivity contribution in [3.8, 4) is 0 Å². The van der Waals surface area contributed by atoms with Crippen molar-refractivity contribution in [2.75, 3.05) is 17.7 Å². The molecule has 0 saturated heterocycles. The van der Waals surface area contributed by atoms with Gasteiger partial charge in [0.2, 0.25) is 12.1 Å². The van der Waals surface area contributed by atoms with Crippen LogP contribution in [0.3, 0.4) is 0 Å². The van der Waals surface area contributed by atoms with E-state index in [0.29, 0.717) is 16.9 Å². The van der Waals surface area contributed by atoms with Crippen LogP contribution in [0.2, 0.25) is 0 Å². The zero-order chi connectivity index (χ0) is 20.7. The van der Waals surface area contributed by atoms with Crippen molar-refractivity contribution in [2.45, 2.75) is 12.8 Å². The number of nitrogens with zero attached hydrogens (tertiary/aromatic N) is 5. The van der Waals surface area contributed by atoms with Crippen LogP contribution in [-0.2, 0) is 18.9 Å². The quantitative estimate of drug-likeness (QED) is 0.508. The Kier molecular flexibility index (Phi) is 4.49. The Balaban J connectivity index is 1.77. The van der Waals surface area contributed by atoms with Gasteiger partial charge in [-0.05, 0) is 12.8 Å². The molecule has 2 amide bonds. The second kappa shape index (κ2) is 7.00. The first-order valence-corrected chi connectivity index (χ1v) is 9.13. The predicted octanol–water partition coefficient (Wildman–Crippen LogP) is -0.296. The van der Waals surface area contributed by atoms with Crippen LogP contribution in [0, 0.1) is 5.92 Å². The molecule has 0 spiro atoms. The van der Waals surface area contributed by atoms with E-state index in [-0.39, 0.29) is 28.9 Å². The first-order valence-electron chi connectivity index (χ1n) is 9.13. The van der Waals surface area contributed by atoms with Gasteiger partial charge >= 0.3 is 0 Å². The lowest BCUT2D eigenvalue weighted by Crippen LogP contribution is -2.35. The monoisotopic (exact) mass is 397 g/mol. The lowest BCUT2D eigenvalue weighted by atomic mass is 10.2. The summed E-state index contributed by atoms with van der Waals surface area (Å²) in [6.07, 6.45) is 6.86. The molecule has 3 aromatic rings. The highest BCUT2D eigenvalue weighted by atomic mass is 16.2. The minimum atomic E-state index is -0.444. The van der Waals surface area contributed by atoms with Crippen LogP contribution >= 0.6 is 0 Å². The maximum Gasteiger partial charge on any atom is 0.282 e. The highest BCUT2D eigenvalue weighted by molar-refractivity contribution is 6.00. The molecule has 0 bridgehead atoms. The smallest absolute Gasteiger partial charge is 0.282 e. The SMILES string of the molecule is CNC(=O)c1nnc(NC(=O)C2CC2)cc1Nc1c[n+](C)n2ccn(C)c(=O)c12. The molecule has 3 N–H and O–H groups in total. The minimum absolute atomic E-state index is 0.00399. The maximum atomic E-state index is 12.6. The van der Waals surface area contributed by atoms with E-state index in [1.54, 1.807) is 41.9 Å². The van der Waals surface area contributed by atoms with Gasteiger partial charge in [0, 0.05) is 32.3 Å². The number of amides is 2. The highest BCUT2D eigenvalue weighted by Gasteiger charge is 2.30. The minimum Gasteiger partial charge on any atom is -0.354 e.